The maximum atomic E-state index is 6.10. The number of nitrogens with two attached hydrogens (primary N) is 2. The normalized spacial score (nSPS) is 23.5. The molecule has 0 bridgehead atoms. The standard InChI is InChI=1S/C9H20N2.Pt/c10-8-9(11)6-4-2-1-3-5-7-9;/h1-8,10-11H2;/q;+2. The van der Waals surface area contributed by atoms with Crippen LogP contribution < -0.4 is 11.5 Å². The first-order valence-electron chi connectivity index (χ1n) is 4.76. The summed E-state index contributed by atoms with van der Waals surface area (Å²) in [4.78, 5) is 0. The molecule has 0 amide bonds. The molecular weight excluding hydrogens is 331 g/mol. The van der Waals surface area contributed by atoms with Crippen LogP contribution in [0.5, 0.6) is 0 Å². The van der Waals surface area contributed by atoms with Gasteiger partial charge in [-0.1, -0.05) is 32.1 Å². The van der Waals surface area contributed by atoms with Gasteiger partial charge in [0.2, 0.25) is 0 Å². The summed E-state index contributed by atoms with van der Waals surface area (Å²) in [5.74, 6) is 0. The van der Waals surface area contributed by atoms with Crippen LogP contribution >= 0.6 is 0 Å². The zero-order chi connectivity index (χ0) is 8.16. The van der Waals surface area contributed by atoms with Crippen molar-refractivity contribution in [2.24, 2.45) is 11.5 Å². The van der Waals surface area contributed by atoms with Gasteiger partial charge in [0.05, 0.1) is 0 Å². The third-order valence-electron chi connectivity index (χ3n) is 2.76. The molecule has 0 saturated heterocycles. The van der Waals surface area contributed by atoms with Crippen molar-refractivity contribution in [3.05, 3.63) is 0 Å². The van der Waals surface area contributed by atoms with Gasteiger partial charge in [0.1, 0.15) is 0 Å². The number of hydrogen-bond acceptors (Lipinski definition) is 2. The van der Waals surface area contributed by atoms with E-state index >= 15 is 0 Å². The van der Waals surface area contributed by atoms with Crippen LogP contribution in [0.25, 0.3) is 0 Å². The van der Waals surface area contributed by atoms with Crippen LogP contribution in [0.2, 0.25) is 0 Å². The first kappa shape index (κ1) is 12.6. The van der Waals surface area contributed by atoms with Crippen molar-refractivity contribution in [2.45, 2.75) is 50.5 Å². The Labute approximate surface area is 89.7 Å². The molecule has 12 heavy (non-hydrogen) atoms. The Morgan fingerprint density at radius 2 is 1.33 bits per heavy atom. The van der Waals surface area contributed by atoms with Gasteiger partial charge < -0.3 is 11.5 Å². The molecule has 2 nitrogen and oxygen atoms in total. The zero-order valence-electron chi connectivity index (χ0n) is 7.63. The summed E-state index contributed by atoms with van der Waals surface area (Å²) in [5, 5.41) is 0. The molecule has 0 aromatic heterocycles. The van der Waals surface area contributed by atoms with Crippen LogP contribution in [0.1, 0.15) is 44.9 Å². The maximum absolute atomic E-state index is 6.10. The molecule has 1 saturated carbocycles. The third-order valence-corrected chi connectivity index (χ3v) is 2.76. The Balaban J connectivity index is 0.00000121. The van der Waals surface area contributed by atoms with Gasteiger partial charge in [-0.05, 0) is 12.8 Å². The molecule has 0 aliphatic heterocycles. The van der Waals surface area contributed by atoms with Crippen molar-refractivity contribution in [3.63, 3.8) is 0 Å². The molecule has 0 spiro atoms. The Morgan fingerprint density at radius 3 is 1.75 bits per heavy atom. The van der Waals surface area contributed by atoms with Crippen molar-refractivity contribution < 1.29 is 21.1 Å². The first-order valence-corrected chi connectivity index (χ1v) is 4.76. The maximum Gasteiger partial charge on any atom is 2.00 e. The average molecular weight is 351 g/mol. The second kappa shape index (κ2) is 6.12. The molecule has 1 aliphatic rings. The topological polar surface area (TPSA) is 52.0 Å². The third kappa shape index (κ3) is 4.02. The second-order valence-corrected chi connectivity index (χ2v) is 3.83. The van der Waals surface area contributed by atoms with E-state index in [0.29, 0.717) is 6.54 Å². The Bertz CT molecular complexity index is 109. The number of hydrogen-bond donors (Lipinski definition) is 2. The van der Waals surface area contributed by atoms with E-state index in [9.17, 15) is 0 Å². The second-order valence-electron chi connectivity index (χ2n) is 3.83. The summed E-state index contributed by atoms with van der Waals surface area (Å²) in [6, 6.07) is 0. The summed E-state index contributed by atoms with van der Waals surface area (Å²) in [7, 11) is 0. The van der Waals surface area contributed by atoms with E-state index in [4.69, 9.17) is 11.5 Å². The molecule has 1 aliphatic carbocycles. The SMILES string of the molecule is NCC1(N)CCCCCCC1.[Pt+2]. The van der Waals surface area contributed by atoms with E-state index in [2.05, 4.69) is 0 Å². The first-order chi connectivity index (χ1) is 5.27. The fraction of sp³-hybridized carbons (Fsp3) is 1.00. The summed E-state index contributed by atoms with van der Waals surface area (Å²) >= 11 is 0. The van der Waals surface area contributed by atoms with E-state index in [0.717, 1.165) is 12.8 Å². The average Bonchev–Trinajstić information content (AvgIpc) is 1.98. The van der Waals surface area contributed by atoms with E-state index in [1.165, 1.54) is 32.1 Å². The van der Waals surface area contributed by atoms with Gasteiger partial charge in [-0.15, -0.1) is 0 Å². The monoisotopic (exact) mass is 351 g/mol. The molecule has 0 radical (unpaired) electrons. The molecule has 74 valence electrons. The predicted molar refractivity (Wildman–Crippen MR) is 48.3 cm³/mol. The van der Waals surface area contributed by atoms with Gasteiger partial charge in [0, 0.05) is 12.1 Å². The van der Waals surface area contributed by atoms with E-state index < -0.39 is 0 Å². The zero-order valence-corrected chi connectivity index (χ0v) is 9.90. The number of rotatable bonds is 1. The van der Waals surface area contributed by atoms with E-state index in [1.807, 2.05) is 0 Å². The molecular formula is C9H20N2Pt+2. The minimum atomic E-state index is -0.0274. The van der Waals surface area contributed by atoms with Gasteiger partial charge >= 0.3 is 21.1 Å². The largest absolute Gasteiger partial charge is 2.00 e. The van der Waals surface area contributed by atoms with Gasteiger partial charge in [-0.25, -0.2) is 0 Å². The summed E-state index contributed by atoms with van der Waals surface area (Å²) in [6.45, 7) is 0.660. The van der Waals surface area contributed by atoms with E-state index in [-0.39, 0.29) is 26.6 Å². The molecule has 0 atom stereocenters. The van der Waals surface area contributed by atoms with Gasteiger partial charge in [-0.3, -0.25) is 0 Å². The van der Waals surface area contributed by atoms with Crippen molar-refractivity contribution in [3.8, 4) is 0 Å². The molecule has 0 unspecified atom stereocenters. The van der Waals surface area contributed by atoms with Crippen LogP contribution in [-0.4, -0.2) is 12.1 Å². The molecule has 0 heterocycles. The Morgan fingerprint density at radius 1 is 0.917 bits per heavy atom. The summed E-state index contributed by atoms with van der Waals surface area (Å²) in [6.07, 6.45) is 8.88. The Kier molecular flexibility index (Phi) is 6.43. The Hall–Kier alpha value is 0.608. The summed E-state index contributed by atoms with van der Waals surface area (Å²) in [5.41, 5.74) is 11.7. The molecule has 1 fully saturated rings. The molecule has 0 aromatic carbocycles. The molecule has 0 aromatic rings. The molecule has 3 heteroatoms. The molecule has 1 rings (SSSR count). The van der Waals surface area contributed by atoms with Crippen LogP contribution in [0, 0.1) is 0 Å². The fourth-order valence-electron chi connectivity index (χ4n) is 1.81. The predicted octanol–water partition coefficient (Wildman–Crippen LogP) is 1.38. The van der Waals surface area contributed by atoms with Crippen molar-refractivity contribution in [1.29, 1.82) is 0 Å². The smallest absolute Gasteiger partial charge is 0.329 e. The van der Waals surface area contributed by atoms with E-state index in [1.54, 1.807) is 0 Å². The fourth-order valence-corrected chi connectivity index (χ4v) is 1.81. The minimum absolute atomic E-state index is 0. The van der Waals surface area contributed by atoms with Crippen LogP contribution in [0.3, 0.4) is 0 Å². The minimum Gasteiger partial charge on any atom is -0.329 e. The van der Waals surface area contributed by atoms with Crippen molar-refractivity contribution >= 4 is 0 Å². The van der Waals surface area contributed by atoms with Gasteiger partial charge in [0.25, 0.3) is 0 Å². The van der Waals surface area contributed by atoms with Crippen LogP contribution in [0.4, 0.5) is 0 Å². The molecule has 4 N–H and O–H groups in total. The van der Waals surface area contributed by atoms with Crippen molar-refractivity contribution in [1.82, 2.24) is 0 Å². The summed E-state index contributed by atoms with van der Waals surface area (Å²) < 4.78 is 0. The van der Waals surface area contributed by atoms with Gasteiger partial charge in [0.15, 0.2) is 0 Å². The van der Waals surface area contributed by atoms with Crippen LogP contribution in [-0.2, 0) is 21.1 Å². The quantitative estimate of drug-likeness (QED) is 0.750. The van der Waals surface area contributed by atoms with Gasteiger partial charge in [-0.2, -0.15) is 0 Å². The van der Waals surface area contributed by atoms with Crippen molar-refractivity contribution in [2.75, 3.05) is 6.54 Å². The van der Waals surface area contributed by atoms with Crippen LogP contribution in [0.15, 0.2) is 0 Å².